The number of hydrogen-bond acceptors (Lipinski definition) is 6. The molecule has 1 unspecified atom stereocenters. The van der Waals surface area contributed by atoms with E-state index < -0.39 is 10.0 Å². The Morgan fingerprint density at radius 1 is 1.23 bits per heavy atom. The van der Waals surface area contributed by atoms with Crippen molar-refractivity contribution in [1.29, 1.82) is 0 Å². The van der Waals surface area contributed by atoms with Crippen molar-refractivity contribution in [2.45, 2.75) is 30.3 Å². The topological polar surface area (TPSA) is 84.9 Å². The summed E-state index contributed by atoms with van der Waals surface area (Å²) in [5.41, 5.74) is 1.22. The molecule has 1 saturated heterocycles. The summed E-state index contributed by atoms with van der Waals surface area (Å²) in [4.78, 5) is 13.5. The van der Waals surface area contributed by atoms with Crippen LogP contribution < -0.4 is 9.46 Å². The van der Waals surface area contributed by atoms with Gasteiger partial charge in [-0.3, -0.25) is 9.52 Å². The van der Waals surface area contributed by atoms with Crippen LogP contribution in [-0.4, -0.2) is 52.6 Å². The molecule has 30 heavy (non-hydrogen) atoms. The summed E-state index contributed by atoms with van der Waals surface area (Å²) in [6, 6.07) is 11.2. The Morgan fingerprint density at radius 3 is 2.60 bits per heavy atom. The average molecular weight is 453 g/mol. The van der Waals surface area contributed by atoms with Gasteiger partial charge in [-0.25, -0.2) is 8.42 Å². The monoisotopic (exact) mass is 452 g/mol. The first-order chi connectivity index (χ1) is 14.3. The van der Waals surface area contributed by atoms with Crippen LogP contribution in [-0.2, 0) is 26.0 Å². The van der Waals surface area contributed by atoms with Gasteiger partial charge in [0.2, 0.25) is 0 Å². The second-order valence-corrected chi connectivity index (χ2v) is 9.35. The van der Waals surface area contributed by atoms with Crippen molar-refractivity contribution >= 4 is 33.3 Å². The van der Waals surface area contributed by atoms with Gasteiger partial charge in [0.25, 0.3) is 10.0 Å². The van der Waals surface area contributed by atoms with E-state index in [1.54, 1.807) is 30.3 Å². The summed E-state index contributed by atoms with van der Waals surface area (Å²) in [6.45, 7) is 1.75. The smallest absolute Gasteiger partial charge is 0.305 e. The van der Waals surface area contributed by atoms with Crippen molar-refractivity contribution in [1.82, 2.24) is 4.90 Å². The van der Waals surface area contributed by atoms with Crippen LogP contribution in [0.25, 0.3) is 0 Å². The first kappa shape index (κ1) is 22.4. The zero-order valence-corrected chi connectivity index (χ0v) is 18.5. The molecule has 1 fully saturated rings. The number of anilines is 1. The van der Waals surface area contributed by atoms with Gasteiger partial charge < -0.3 is 14.4 Å². The molecule has 1 heterocycles. The van der Waals surface area contributed by atoms with Crippen LogP contribution in [0.2, 0.25) is 5.02 Å². The third kappa shape index (κ3) is 5.87. The summed E-state index contributed by atoms with van der Waals surface area (Å²) in [5, 5.41) is 0.433. The van der Waals surface area contributed by atoms with Crippen molar-refractivity contribution in [2.75, 3.05) is 32.0 Å². The Labute approximate surface area is 182 Å². The molecule has 0 amide bonds. The van der Waals surface area contributed by atoms with Gasteiger partial charge in [0, 0.05) is 25.6 Å². The van der Waals surface area contributed by atoms with Crippen molar-refractivity contribution in [2.24, 2.45) is 0 Å². The van der Waals surface area contributed by atoms with Crippen LogP contribution in [0.4, 0.5) is 5.69 Å². The maximum Gasteiger partial charge on any atom is 0.305 e. The highest BCUT2D eigenvalue weighted by Crippen LogP contribution is 2.31. The number of halogens is 1. The molecule has 0 aliphatic carbocycles. The van der Waals surface area contributed by atoms with Gasteiger partial charge >= 0.3 is 5.97 Å². The standard InChI is InChI=1S/C21H25ClN2O5S/c1-24-12-11-17(14-24)29-20-13-16(6-9-19(20)22)23-30(26,27)18-7-3-15(4-8-18)5-10-21(25)28-2/h3-4,6-9,13,17,23H,5,10-12,14H2,1-2H3. The summed E-state index contributed by atoms with van der Waals surface area (Å²) in [5.74, 6) is 0.147. The van der Waals surface area contributed by atoms with E-state index in [2.05, 4.69) is 14.4 Å². The lowest BCUT2D eigenvalue weighted by atomic mass is 10.1. The van der Waals surface area contributed by atoms with E-state index in [9.17, 15) is 13.2 Å². The van der Waals surface area contributed by atoms with Crippen LogP contribution in [0.15, 0.2) is 47.4 Å². The maximum absolute atomic E-state index is 12.7. The molecule has 7 nitrogen and oxygen atoms in total. The zero-order chi connectivity index (χ0) is 21.7. The highest BCUT2D eigenvalue weighted by molar-refractivity contribution is 7.92. The van der Waals surface area contributed by atoms with E-state index in [1.165, 1.54) is 19.2 Å². The number of rotatable bonds is 8. The number of methoxy groups -OCH3 is 1. The molecule has 1 aliphatic heterocycles. The second kappa shape index (κ2) is 9.68. The van der Waals surface area contributed by atoms with E-state index in [1.807, 2.05) is 7.05 Å². The predicted molar refractivity (Wildman–Crippen MR) is 116 cm³/mol. The lowest BCUT2D eigenvalue weighted by Crippen LogP contribution is -2.21. The van der Waals surface area contributed by atoms with Crippen molar-refractivity contribution in [3.05, 3.63) is 53.1 Å². The number of hydrogen-bond donors (Lipinski definition) is 1. The van der Waals surface area contributed by atoms with Gasteiger partial charge in [0.1, 0.15) is 11.9 Å². The molecule has 162 valence electrons. The minimum Gasteiger partial charge on any atom is -0.487 e. The number of likely N-dealkylation sites (N-methyl/N-ethyl adjacent to an activating group) is 1. The van der Waals surface area contributed by atoms with E-state index in [0.717, 1.165) is 25.1 Å². The molecule has 0 radical (unpaired) electrons. The highest BCUT2D eigenvalue weighted by atomic mass is 35.5. The SMILES string of the molecule is COC(=O)CCc1ccc(S(=O)(=O)Nc2ccc(Cl)c(OC3CCN(C)C3)c2)cc1. The number of esters is 1. The molecule has 1 aliphatic rings. The number of carbonyl (C=O) groups excluding carboxylic acids is 1. The number of benzene rings is 2. The van der Waals surface area contributed by atoms with Gasteiger partial charge in [-0.2, -0.15) is 0 Å². The number of ether oxygens (including phenoxy) is 2. The Bertz CT molecular complexity index is 995. The molecular formula is C21H25ClN2O5S. The summed E-state index contributed by atoms with van der Waals surface area (Å²) in [6.07, 6.45) is 1.64. The minimum absolute atomic E-state index is 0.0249. The molecule has 0 spiro atoms. The van der Waals surface area contributed by atoms with E-state index in [4.69, 9.17) is 16.3 Å². The first-order valence-corrected chi connectivity index (χ1v) is 11.5. The van der Waals surface area contributed by atoms with Gasteiger partial charge in [-0.15, -0.1) is 0 Å². The van der Waals surface area contributed by atoms with E-state index in [-0.39, 0.29) is 23.4 Å². The normalized spacial score (nSPS) is 17.0. The maximum atomic E-state index is 12.7. The van der Waals surface area contributed by atoms with Crippen molar-refractivity contribution in [3.63, 3.8) is 0 Å². The van der Waals surface area contributed by atoms with E-state index in [0.29, 0.717) is 22.9 Å². The third-order valence-electron chi connectivity index (χ3n) is 4.90. The minimum atomic E-state index is -3.78. The van der Waals surface area contributed by atoms with Crippen LogP contribution in [0.1, 0.15) is 18.4 Å². The van der Waals surface area contributed by atoms with Crippen LogP contribution in [0.3, 0.4) is 0 Å². The molecule has 1 N–H and O–H groups in total. The molecule has 2 aromatic carbocycles. The summed E-state index contributed by atoms with van der Waals surface area (Å²) < 4.78 is 38.6. The fourth-order valence-electron chi connectivity index (χ4n) is 3.23. The molecule has 3 rings (SSSR count). The average Bonchev–Trinajstić information content (AvgIpc) is 3.13. The summed E-state index contributed by atoms with van der Waals surface area (Å²) in [7, 11) is -0.420. The predicted octanol–water partition coefficient (Wildman–Crippen LogP) is 3.33. The lowest BCUT2D eigenvalue weighted by molar-refractivity contribution is -0.140. The second-order valence-electron chi connectivity index (χ2n) is 7.26. The number of carbonyl (C=O) groups is 1. The Kier molecular flexibility index (Phi) is 7.23. The number of aryl methyl sites for hydroxylation is 1. The van der Waals surface area contributed by atoms with Crippen molar-refractivity contribution < 1.29 is 22.7 Å². The first-order valence-electron chi connectivity index (χ1n) is 9.60. The third-order valence-corrected chi connectivity index (χ3v) is 6.61. The van der Waals surface area contributed by atoms with Gasteiger partial charge in [-0.05, 0) is 49.7 Å². The van der Waals surface area contributed by atoms with Crippen LogP contribution >= 0.6 is 11.6 Å². The fourth-order valence-corrected chi connectivity index (χ4v) is 4.44. The highest BCUT2D eigenvalue weighted by Gasteiger charge is 2.22. The quantitative estimate of drug-likeness (QED) is 0.618. The van der Waals surface area contributed by atoms with Crippen LogP contribution in [0.5, 0.6) is 5.75 Å². The molecule has 1 atom stereocenters. The summed E-state index contributed by atoms with van der Waals surface area (Å²) >= 11 is 6.23. The number of nitrogens with zero attached hydrogens (tertiary/aromatic N) is 1. The molecule has 0 bridgehead atoms. The molecule has 0 saturated carbocycles. The van der Waals surface area contributed by atoms with E-state index >= 15 is 0 Å². The molecule has 9 heteroatoms. The largest absolute Gasteiger partial charge is 0.487 e. The Morgan fingerprint density at radius 2 is 1.97 bits per heavy atom. The zero-order valence-electron chi connectivity index (χ0n) is 16.9. The Balaban J connectivity index is 1.68. The molecule has 2 aromatic rings. The van der Waals surface area contributed by atoms with Gasteiger partial charge in [0.05, 0.1) is 22.7 Å². The number of likely N-dealkylation sites (tertiary alicyclic amines) is 1. The van der Waals surface area contributed by atoms with Crippen LogP contribution in [0, 0.1) is 0 Å². The number of nitrogens with one attached hydrogen (secondary N) is 1. The van der Waals surface area contributed by atoms with Gasteiger partial charge in [0.15, 0.2) is 0 Å². The molecule has 0 aromatic heterocycles. The van der Waals surface area contributed by atoms with Gasteiger partial charge in [-0.1, -0.05) is 23.7 Å². The Hall–Kier alpha value is -2.29. The molecular weight excluding hydrogens is 428 g/mol. The van der Waals surface area contributed by atoms with Crippen molar-refractivity contribution in [3.8, 4) is 5.75 Å². The lowest BCUT2D eigenvalue weighted by Gasteiger charge is -2.16. The fraction of sp³-hybridized carbons (Fsp3) is 0.381. The number of sulfonamides is 1.